The van der Waals surface area contributed by atoms with E-state index < -0.39 is 0 Å². The van der Waals surface area contributed by atoms with Gasteiger partial charge in [-0.05, 0) is 42.9 Å². The minimum absolute atomic E-state index is 0.516. The zero-order chi connectivity index (χ0) is 18.1. The molecule has 2 rings (SSSR count). The third-order valence-electron chi connectivity index (χ3n) is 5.04. The van der Waals surface area contributed by atoms with Crippen LogP contribution in [-0.2, 0) is 0 Å². The topological polar surface area (TPSA) is 25.8 Å². The zero-order valence-electron chi connectivity index (χ0n) is 16.2. The lowest BCUT2D eigenvalue weighted by Crippen LogP contribution is -2.84. The van der Waals surface area contributed by atoms with Crippen LogP contribution in [0.25, 0.3) is 0 Å². The first-order chi connectivity index (χ1) is 12.1. The number of benzene rings is 2. The van der Waals surface area contributed by atoms with E-state index in [2.05, 4.69) is 80.7 Å². The lowest BCUT2D eigenvalue weighted by Gasteiger charge is -2.19. The Labute approximate surface area is 153 Å². The summed E-state index contributed by atoms with van der Waals surface area (Å²) >= 11 is 0. The highest BCUT2D eigenvalue weighted by Crippen LogP contribution is 2.27. The highest BCUT2D eigenvalue weighted by Gasteiger charge is 2.15. The van der Waals surface area contributed by atoms with Crippen LogP contribution in [-0.4, -0.2) is 13.7 Å². The van der Waals surface area contributed by atoms with Gasteiger partial charge >= 0.3 is 0 Å². The molecule has 0 aliphatic rings. The predicted molar refractivity (Wildman–Crippen MR) is 106 cm³/mol. The molecule has 0 heterocycles. The number of ether oxygens (including phenoxy) is 1. The molecule has 0 unspecified atom stereocenters. The third kappa shape index (κ3) is 6.55. The van der Waals surface area contributed by atoms with Gasteiger partial charge in [-0.1, -0.05) is 62.7 Å². The maximum Gasteiger partial charge on any atom is 0.118 e. The molecule has 136 valence electrons. The molecule has 2 aromatic rings. The summed E-state index contributed by atoms with van der Waals surface area (Å²) in [6.45, 7) is 8.08. The monoisotopic (exact) mass is 340 g/mol. The summed E-state index contributed by atoms with van der Waals surface area (Å²) in [4.78, 5) is 0. The number of nitrogens with two attached hydrogens (primary N) is 1. The van der Waals surface area contributed by atoms with Gasteiger partial charge in [0.05, 0.1) is 13.7 Å². The summed E-state index contributed by atoms with van der Waals surface area (Å²) < 4.78 is 5.30. The average Bonchev–Trinajstić information content (AvgIpc) is 2.65. The number of methoxy groups -OCH3 is 1. The minimum atomic E-state index is 0.516. The lowest BCUT2D eigenvalue weighted by molar-refractivity contribution is -0.693. The van der Waals surface area contributed by atoms with Crippen molar-refractivity contribution in [2.75, 3.05) is 13.7 Å². The first-order valence-electron chi connectivity index (χ1n) is 9.62. The van der Waals surface area contributed by atoms with Gasteiger partial charge in [-0.15, -0.1) is 0 Å². The van der Waals surface area contributed by atoms with Gasteiger partial charge in [-0.25, -0.2) is 0 Å². The fraction of sp³-hybridized carbons (Fsp3) is 0.478. The molecule has 0 saturated carbocycles. The van der Waals surface area contributed by atoms with E-state index in [1.54, 1.807) is 7.11 Å². The number of hydrogen-bond donors (Lipinski definition) is 1. The second kappa shape index (κ2) is 10.2. The molecule has 0 aliphatic carbocycles. The van der Waals surface area contributed by atoms with Crippen LogP contribution < -0.4 is 10.1 Å². The summed E-state index contributed by atoms with van der Waals surface area (Å²) in [7, 11) is 1.73. The number of rotatable bonds is 10. The maximum absolute atomic E-state index is 5.30. The maximum atomic E-state index is 5.30. The molecular formula is C23H34NO+. The number of quaternary nitrogens is 1. The molecule has 2 N–H and O–H groups in total. The van der Waals surface area contributed by atoms with Crippen molar-refractivity contribution in [1.82, 2.24) is 0 Å². The smallest absolute Gasteiger partial charge is 0.118 e. The van der Waals surface area contributed by atoms with Crippen molar-refractivity contribution in [2.24, 2.45) is 5.92 Å². The van der Waals surface area contributed by atoms with Crippen LogP contribution in [0.1, 0.15) is 63.1 Å². The van der Waals surface area contributed by atoms with Gasteiger partial charge in [-0.3, -0.25) is 0 Å². The van der Waals surface area contributed by atoms with Crippen LogP contribution in [0.2, 0.25) is 0 Å². The van der Waals surface area contributed by atoms with E-state index >= 15 is 0 Å². The van der Waals surface area contributed by atoms with Crippen LogP contribution >= 0.6 is 0 Å². The van der Waals surface area contributed by atoms with E-state index in [0.29, 0.717) is 12.0 Å². The molecule has 0 radical (unpaired) electrons. The van der Waals surface area contributed by atoms with Gasteiger partial charge in [0.1, 0.15) is 11.8 Å². The summed E-state index contributed by atoms with van der Waals surface area (Å²) in [5.74, 6) is 2.33. The van der Waals surface area contributed by atoms with Crippen LogP contribution in [0, 0.1) is 5.92 Å². The van der Waals surface area contributed by atoms with E-state index in [9.17, 15) is 0 Å². The van der Waals surface area contributed by atoms with Crippen molar-refractivity contribution in [3.63, 3.8) is 0 Å². The first kappa shape index (κ1) is 19.5. The molecule has 2 atom stereocenters. The quantitative estimate of drug-likeness (QED) is 0.652. The second-order valence-electron chi connectivity index (χ2n) is 7.45. The van der Waals surface area contributed by atoms with Gasteiger partial charge in [0.25, 0.3) is 0 Å². The standard InChI is InChI=1S/C23H33NO/c1-18(2)10-11-22(21-12-14-23(25-4)15-13-21)16-17-24-19(3)20-8-6-5-7-9-20/h5-9,12-15,18-19,22,24H,10-11,16-17H2,1-4H3/p+1/t19-,22-/m1/s1. The normalized spacial score (nSPS) is 13.6. The average molecular weight is 341 g/mol. The SMILES string of the molecule is COc1ccc([C@@H](CC[NH2+][C@H](C)c2ccccc2)CCC(C)C)cc1. The lowest BCUT2D eigenvalue weighted by atomic mass is 9.88. The third-order valence-corrected chi connectivity index (χ3v) is 5.04. The largest absolute Gasteiger partial charge is 0.497 e. The van der Waals surface area contributed by atoms with Crippen molar-refractivity contribution in [1.29, 1.82) is 0 Å². The van der Waals surface area contributed by atoms with Crippen LogP contribution in [0.3, 0.4) is 0 Å². The molecule has 0 fully saturated rings. The van der Waals surface area contributed by atoms with Gasteiger partial charge in [0.15, 0.2) is 0 Å². The van der Waals surface area contributed by atoms with E-state index in [4.69, 9.17) is 4.74 Å². The van der Waals surface area contributed by atoms with E-state index in [0.717, 1.165) is 18.2 Å². The van der Waals surface area contributed by atoms with Crippen molar-refractivity contribution >= 4 is 0 Å². The summed E-state index contributed by atoms with van der Waals surface area (Å²) in [5, 5.41) is 2.47. The molecule has 2 heteroatoms. The molecule has 2 nitrogen and oxygen atoms in total. The van der Waals surface area contributed by atoms with Crippen LogP contribution in [0.15, 0.2) is 54.6 Å². The molecule has 2 aromatic carbocycles. The number of hydrogen-bond acceptors (Lipinski definition) is 1. The van der Waals surface area contributed by atoms with Crippen molar-refractivity contribution in [3.8, 4) is 5.75 Å². The molecule has 0 bridgehead atoms. The summed E-state index contributed by atoms with van der Waals surface area (Å²) in [6.07, 6.45) is 3.76. The Morgan fingerprint density at radius 2 is 1.48 bits per heavy atom. The van der Waals surface area contributed by atoms with E-state index in [1.165, 1.54) is 30.4 Å². The van der Waals surface area contributed by atoms with Crippen LogP contribution in [0.4, 0.5) is 0 Å². The Kier molecular flexibility index (Phi) is 8.00. The molecular weight excluding hydrogens is 306 g/mol. The predicted octanol–water partition coefficient (Wildman–Crippen LogP) is 4.93. The first-order valence-corrected chi connectivity index (χ1v) is 9.62. The fourth-order valence-corrected chi connectivity index (χ4v) is 3.33. The van der Waals surface area contributed by atoms with E-state index in [1.807, 2.05) is 0 Å². The minimum Gasteiger partial charge on any atom is -0.497 e. The Morgan fingerprint density at radius 3 is 2.08 bits per heavy atom. The molecule has 0 aromatic heterocycles. The van der Waals surface area contributed by atoms with Gasteiger partial charge < -0.3 is 10.1 Å². The van der Waals surface area contributed by atoms with Gasteiger partial charge in [0.2, 0.25) is 0 Å². The van der Waals surface area contributed by atoms with Gasteiger partial charge in [-0.2, -0.15) is 0 Å². The Balaban J connectivity index is 1.93. The van der Waals surface area contributed by atoms with Crippen LogP contribution in [0.5, 0.6) is 5.75 Å². The molecule has 0 aliphatic heterocycles. The molecule has 25 heavy (non-hydrogen) atoms. The Bertz CT molecular complexity index is 591. The fourth-order valence-electron chi connectivity index (χ4n) is 3.33. The Morgan fingerprint density at radius 1 is 0.800 bits per heavy atom. The second-order valence-corrected chi connectivity index (χ2v) is 7.45. The highest BCUT2D eigenvalue weighted by atomic mass is 16.5. The Hall–Kier alpha value is -1.80. The summed E-state index contributed by atoms with van der Waals surface area (Å²) in [6, 6.07) is 20.0. The summed E-state index contributed by atoms with van der Waals surface area (Å²) in [5.41, 5.74) is 2.85. The zero-order valence-corrected chi connectivity index (χ0v) is 16.2. The highest BCUT2D eigenvalue weighted by molar-refractivity contribution is 5.29. The molecule has 0 amide bonds. The van der Waals surface area contributed by atoms with Crippen molar-refractivity contribution in [3.05, 3.63) is 65.7 Å². The van der Waals surface area contributed by atoms with Crippen molar-refractivity contribution in [2.45, 2.75) is 52.0 Å². The molecule has 0 spiro atoms. The van der Waals surface area contributed by atoms with Gasteiger partial charge in [0, 0.05) is 12.0 Å². The van der Waals surface area contributed by atoms with Crippen molar-refractivity contribution < 1.29 is 10.1 Å². The molecule has 0 saturated heterocycles. The van der Waals surface area contributed by atoms with E-state index in [-0.39, 0.29) is 0 Å².